The van der Waals surface area contributed by atoms with Crippen LogP contribution >= 0.6 is 0 Å². The molecule has 2 atom stereocenters. The Balaban J connectivity index is 1.98. The average Bonchev–Trinajstić information content (AvgIpc) is 2.84. The lowest BCUT2D eigenvalue weighted by Gasteiger charge is -2.39. The van der Waals surface area contributed by atoms with E-state index in [1.165, 1.54) is 6.42 Å². The normalized spacial score (nSPS) is 30.6. The highest BCUT2D eigenvalue weighted by Gasteiger charge is 2.52. The molecule has 0 bridgehead atoms. The molecule has 5 nitrogen and oxygen atoms in total. The fraction of sp³-hybridized carbons (Fsp3) is 0.933. The quantitative estimate of drug-likeness (QED) is 0.730. The number of rotatable bonds is 7. The molecular formula is C15H29N3O2. The van der Waals surface area contributed by atoms with Gasteiger partial charge in [-0.05, 0) is 38.9 Å². The van der Waals surface area contributed by atoms with Gasteiger partial charge in [0.2, 0.25) is 0 Å². The van der Waals surface area contributed by atoms with Gasteiger partial charge in [-0.1, -0.05) is 20.3 Å². The van der Waals surface area contributed by atoms with Crippen molar-refractivity contribution in [2.75, 3.05) is 39.3 Å². The Morgan fingerprint density at radius 1 is 1.35 bits per heavy atom. The molecule has 2 unspecified atom stereocenters. The Hall–Kier alpha value is -0.650. The number of fused-ring (bicyclic) bond motifs is 1. The summed E-state index contributed by atoms with van der Waals surface area (Å²) in [7, 11) is 0. The number of nitrogens with one attached hydrogen (secondary N) is 1. The minimum Gasteiger partial charge on any atom is -0.480 e. The van der Waals surface area contributed by atoms with Crippen LogP contribution in [0, 0.1) is 0 Å². The van der Waals surface area contributed by atoms with Gasteiger partial charge in [-0.15, -0.1) is 0 Å². The molecule has 2 fully saturated rings. The lowest BCUT2D eigenvalue weighted by Crippen LogP contribution is -2.61. The number of carboxylic acids is 1. The fourth-order valence-corrected chi connectivity index (χ4v) is 3.81. The summed E-state index contributed by atoms with van der Waals surface area (Å²) in [6, 6.07) is 0.186. The Labute approximate surface area is 122 Å². The summed E-state index contributed by atoms with van der Waals surface area (Å²) in [5.41, 5.74) is -0.715. The minimum absolute atomic E-state index is 0.186. The van der Waals surface area contributed by atoms with E-state index >= 15 is 0 Å². The zero-order valence-corrected chi connectivity index (χ0v) is 12.9. The summed E-state index contributed by atoms with van der Waals surface area (Å²) >= 11 is 0. The van der Waals surface area contributed by atoms with Gasteiger partial charge < -0.3 is 10.0 Å². The second-order valence-corrected chi connectivity index (χ2v) is 6.03. The van der Waals surface area contributed by atoms with Crippen molar-refractivity contribution in [2.24, 2.45) is 0 Å². The van der Waals surface area contributed by atoms with Crippen LogP contribution in [-0.4, -0.2) is 71.7 Å². The molecular weight excluding hydrogens is 254 g/mol. The molecule has 2 heterocycles. The molecule has 0 amide bonds. The zero-order valence-electron chi connectivity index (χ0n) is 12.9. The van der Waals surface area contributed by atoms with Crippen LogP contribution in [0.25, 0.3) is 0 Å². The van der Waals surface area contributed by atoms with E-state index in [2.05, 4.69) is 29.0 Å². The van der Waals surface area contributed by atoms with Gasteiger partial charge in [-0.25, -0.2) is 0 Å². The Kier molecular flexibility index (Phi) is 5.41. The van der Waals surface area contributed by atoms with Gasteiger partial charge in [0.1, 0.15) is 5.54 Å². The monoisotopic (exact) mass is 283 g/mol. The van der Waals surface area contributed by atoms with Crippen molar-refractivity contribution < 1.29 is 9.90 Å². The smallest absolute Gasteiger partial charge is 0.325 e. The predicted octanol–water partition coefficient (Wildman–Crippen LogP) is 0.999. The van der Waals surface area contributed by atoms with E-state index < -0.39 is 11.5 Å². The van der Waals surface area contributed by atoms with Gasteiger partial charge in [0.25, 0.3) is 0 Å². The second kappa shape index (κ2) is 6.87. The molecule has 0 aromatic carbocycles. The van der Waals surface area contributed by atoms with Crippen molar-refractivity contribution in [3.8, 4) is 0 Å². The SMILES string of the molecule is CCN(CC)CCNC1(C(=O)O)CCN2CCCCC21. The summed E-state index contributed by atoms with van der Waals surface area (Å²) < 4.78 is 0. The van der Waals surface area contributed by atoms with Crippen molar-refractivity contribution in [1.29, 1.82) is 0 Å². The van der Waals surface area contributed by atoms with E-state index in [1.54, 1.807) is 0 Å². The molecule has 0 spiro atoms. The lowest BCUT2D eigenvalue weighted by atomic mass is 9.85. The maximum atomic E-state index is 11.9. The van der Waals surface area contributed by atoms with Gasteiger partial charge in [-0.3, -0.25) is 15.0 Å². The summed E-state index contributed by atoms with van der Waals surface area (Å²) in [6.45, 7) is 10.0. The number of likely N-dealkylation sites (N-methyl/N-ethyl adjacent to an activating group) is 1. The second-order valence-electron chi connectivity index (χ2n) is 6.03. The van der Waals surface area contributed by atoms with Crippen molar-refractivity contribution in [3.63, 3.8) is 0 Å². The lowest BCUT2D eigenvalue weighted by molar-refractivity contribution is -0.146. The van der Waals surface area contributed by atoms with Gasteiger partial charge in [-0.2, -0.15) is 0 Å². The van der Waals surface area contributed by atoms with Crippen LogP contribution in [0.1, 0.15) is 39.5 Å². The number of carbonyl (C=O) groups is 1. The van der Waals surface area contributed by atoms with Gasteiger partial charge in [0.05, 0.1) is 0 Å². The molecule has 20 heavy (non-hydrogen) atoms. The zero-order chi connectivity index (χ0) is 14.6. The van der Waals surface area contributed by atoms with E-state index in [9.17, 15) is 9.90 Å². The van der Waals surface area contributed by atoms with E-state index in [0.29, 0.717) is 0 Å². The topological polar surface area (TPSA) is 55.8 Å². The van der Waals surface area contributed by atoms with Crippen molar-refractivity contribution >= 4 is 5.97 Å². The van der Waals surface area contributed by atoms with Gasteiger partial charge in [0.15, 0.2) is 0 Å². The summed E-state index contributed by atoms with van der Waals surface area (Å²) in [4.78, 5) is 16.6. The third-order valence-corrected chi connectivity index (χ3v) is 5.12. The van der Waals surface area contributed by atoms with Crippen LogP contribution in [-0.2, 0) is 4.79 Å². The number of piperidine rings is 1. The number of carboxylic acid groups (broad SMARTS) is 1. The predicted molar refractivity (Wildman–Crippen MR) is 80.0 cm³/mol. The maximum Gasteiger partial charge on any atom is 0.325 e. The third kappa shape index (κ3) is 3.00. The van der Waals surface area contributed by atoms with Crippen molar-refractivity contribution in [1.82, 2.24) is 15.1 Å². The third-order valence-electron chi connectivity index (χ3n) is 5.12. The molecule has 2 aliphatic rings. The van der Waals surface area contributed by atoms with Gasteiger partial charge >= 0.3 is 5.97 Å². The highest BCUT2D eigenvalue weighted by Crippen LogP contribution is 2.35. The van der Waals surface area contributed by atoms with Crippen LogP contribution < -0.4 is 5.32 Å². The molecule has 2 saturated heterocycles. The Morgan fingerprint density at radius 2 is 2.10 bits per heavy atom. The van der Waals surface area contributed by atoms with E-state index in [0.717, 1.165) is 58.5 Å². The first-order valence-electron chi connectivity index (χ1n) is 8.09. The van der Waals surface area contributed by atoms with Crippen molar-refractivity contribution in [2.45, 2.75) is 51.1 Å². The molecule has 5 heteroatoms. The Bertz CT molecular complexity index is 333. The first kappa shape index (κ1) is 15.7. The van der Waals surface area contributed by atoms with E-state index in [1.807, 2.05) is 0 Å². The number of hydrogen-bond acceptors (Lipinski definition) is 4. The highest BCUT2D eigenvalue weighted by atomic mass is 16.4. The molecule has 2 N–H and O–H groups in total. The van der Waals surface area contributed by atoms with Crippen LogP contribution in [0.2, 0.25) is 0 Å². The summed E-state index contributed by atoms with van der Waals surface area (Å²) in [5, 5.41) is 13.2. The molecule has 116 valence electrons. The fourth-order valence-electron chi connectivity index (χ4n) is 3.81. The number of nitrogens with zero attached hydrogens (tertiary/aromatic N) is 2. The summed E-state index contributed by atoms with van der Waals surface area (Å²) in [6.07, 6.45) is 4.13. The number of aliphatic carboxylic acids is 1. The number of hydrogen-bond donors (Lipinski definition) is 2. The van der Waals surface area contributed by atoms with Gasteiger partial charge in [0, 0.05) is 25.7 Å². The molecule has 0 aliphatic carbocycles. The molecule has 0 radical (unpaired) electrons. The van der Waals surface area contributed by atoms with E-state index in [4.69, 9.17) is 0 Å². The maximum absolute atomic E-state index is 11.9. The molecule has 2 rings (SSSR count). The average molecular weight is 283 g/mol. The summed E-state index contributed by atoms with van der Waals surface area (Å²) in [5.74, 6) is -0.661. The van der Waals surface area contributed by atoms with Crippen LogP contribution in [0.5, 0.6) is 0 Å². The standard InChI is InChI=1S/C15H29N3O2/c1-3-17(4-2)12-9-16-15(14(19)20)8-11-18-10-6-5-7-13(15)18/h13,16H,3-12H2,1-2H3,(H,19,20). The molecule has 0 aromatic heterocycles. The molecule has 0 saturated carbocycles. The minimum atomic E-state index is -0.715. The molecule has 2 aliphatic heterocycles. The van der Waals surface area contributed by atoms with Crippen LogP contribution in [0.3, 0.4) is 0 Å². The largest absolute Gasteiger partial charge is 0.480 e. The first-order chi connectivity index (χ1) is 9.64. The van der Waals surface area contributed by atoms with E-state index in [-0.39, 0.29) is 6.04 Å². The Morgan fingerprint density at radius 3 is 2.75 bits per heavy atom. The first-order valence-corrected chi connectivity index (χ1v) is 8.09. The van der Waals surface area contributed by atoms with Crippen LogP contribution in [0.4, 0.5) is 0 Å². The molecule has 0 aromatic rings. The van der Waals surface area contributed by atoms with Crippen LogP contribution in [0.15, 0.2) is 0 Å². The highest BCUT2D eigenvalue weighted by molar-refractivity contribution is 5.80. The van der Waals surface area contributed by atoms with Crippen molar-refractivity contribution in [3.05, 3.63) is 0 Å².